The number of halogens is 4. The summed E-state index contributed by atoms with van der Waals surface area (Å²) in [5.41, 5.74) is -2.74. The monoisotopic (exact) mass is 595 g/mol. The number of benzene rings is 2. The number of piperidine rings is 2. The normalized spacial score (nSPS) is 18.6. The summed E-state index contributed by atoms with van der Waals surface area (Å²) >= 11 is 6.39. The second kappa shape index (κ2) is 12.5. The quantitative estimate of drug-likeness (QED) is 0.468. The lowest BCUT2D eigenvalue weighted by Gasteiger charge is -2.40. The molecule has 4 rings (SSSR count). The maximum absolute atomic E-state index is 14.1. The van der Waals surface area contributed by atoms with Crippen LogP contribution >= 0.6 is 11.6 Å². The number of hydrogen-bond acceptors (Lipinski definition) is 5. The van der Waals surface area contributed by atoms with Crippen molar-refractivity contribution in [1.29, 1.82) is 0 Å². The molecule has 0 radical (unpaired) electrons. The smallest absolute Gasteiger partial charge is 0.430 e. The van der Waals surface area contributed by atoms with Gasteiger partial charge in [0.05, 0.1) is 17.7 Å². The number of methoxy groups -OCH3 is 1. The Morgan fingerprint density at radius 2 is 1.61 bits per heavy atom. The van der Waals surface area contributed by atoms with E-state index in [0.29, 0.717) is 35.3 Å². The van der Waals surface area contributed by atoms with Crippen LogP contribution in [0.25, 0.3) is 0 Å². The first-order valence-electron chi connectivity index (χ1n) is 13.8. The van der Waals surface area contributed by atoms with Gasteiger partial charge in [-0.05, 0) is 74.3 Å². The fourth-order valence-corrected chi connectivity index (χ4v) is 6.13. The predicted octanol–water partition coefficient (Wildman–Crippen LogP) is 5.35. The molecular formula is C30H37ClF3N3O4. The number of likely N-dealkylation sites (tertiary alicyclic amines) is 1. The maximum Gasteiger partial charge on any atom is 0.430 e. The van der Waals surface area contributed by atoms with Crippen LogP contribution in [0.2, 0.25) is 5.02 Å². The van der Waals surface area contributed by atoms with Gasteiger partial charge in [0, 0.05) is 51.5 Å². The van der Waals surface area contributed by atoms with Crippen LogP contribution in [0.1, 0.15) is 48.0 Å². The van der Waals surface area contributed by atoms with Gasteiger partial charge in [-0.3, -0.25) is 9.59 Å². The molecule has 2 aliphatic heterocycles. The van der Waals surface area contributed by atoms with Gasteiger partial charge in [0.25, 0.3) is 17.4 Å². The minimum absolute atomic E-state index is 0.127. The first-order chi connectivity index (χ1) is 19.3. The van der Waals surface area contributed by atoms with E-state index in [0.717, 1.165) is 55.1 Å². The Morgan fingerprint density at radius 1 is 1.00 bits per heavy atom. The minimum Gasteiger partial charge on any atom is -0.497 e. The lowest BCUT2D eigenvalue weighted by Crippen LogP contribution is -2.57. The highest BCUT2D eigenvalue weighted by molar-refractivity contribution is 6.34. The fraction of sp³-hybridized carbons (Fsp3) is 0.533. The highest BCUT2D eigenvalue weighted by atomic mass is 35.5. The summed E-state index contributed by atoms with van der Waals surface area (Å²) < 4.78 is 47.3. The second-order valence-electron chi connectivity index (χ2n) is 11.2. The van der Waals surface area contributed by atoms with Crippen molar-refractivity contribution in [2.45, 2.75) is 43.9 Å². The molecule has 224 valence electrons. The van der Waals surface area contributed by atoms with E-state index in [-0.39, 0.29) is 24.7 Å². The molecule has 2 amide bonds. The summed E-state index contributed by atoms with van der Waals surface area (Å²) in [6, 6.07) is 10.4. The third-order valence-electron chi connectivity index (χ3n) is 8.34. The van der Waals surface area contributed by atoms with Gasteiger partial charge in [-0.15, -0.1) is 0 Å². The Labute approximate surface area is 243 Å². The van der Waals surface area contributed by atoms with Crippen LogP contribution in [0.15, 0.2) is 42.5 Å². The molecule has 0 bridgehead atoms. The minimum atomic E-state index is -5.19. The first-order valence-corrected chi connectivity index (χ1v) is 14.2. The van der Waals surface area contributed by atoms with Crippen LogP contribution in [0, 0.1) is 11.8 Å². The molecule has 0 aromatic heterocycles. The molecule has 2 saturated heterocycles. The SMILES string of the molecule is COc1cccc(C(O)(C(=O)N2CCC(CC3CCN(c4ccc(C(=O)N(C)C)c(Cl)c4)CC3)CC2)C(F)(F)F)c1. The average Bonchev–Trinajstić information content (AvgIpc) is 2.96. The zero-order valence-electron chi connectivity index (χ0n) is 23.6. The molecule has 2 aromatic rings. The molecule has 1 unspecified atom stereocenters. The summed E-state index contributed by atoms with van der Waals surface area (Å²) in [4.78, 5) is 30.3. The molecule has 0 saturated carbocycles. The standard InChI is InChI=1S/C30H37ClF3N3O4/c1-35(2)27(38)25-8-7-23(19-26(25)31)36-13-9-20(10-14-36)17-21-11-15-37(16-12-21)28(39)29(40,30(32,33)34)22-5-4-6-24(18-22)41-3/h4-8,18-21,40H,9-17H2,1-3H3. The lowest BCUT2D eigenvalue weighted by molar-refractivity contribution is -0.262. The molecular weight excluding hydrogens is 559 g/mol. The van der Waals surface area contributed by atoms with Crippen LogP contribution in [0.3, 0.4) is 0 Å². The Kier molecular flexibility index (Phi) is 9.43. The van der Waals surface area contributed by atoms with Gasteiger partial charge < -0.3 is 24.5 Å². The Balaban J connectivity index is 1.31. The number of amides is 2. The highest BCUT2D eigenvalue weighted by Crippen LogP contribution is 2.42. The number of rotatable bonds is 7. The van der Waals surface area contributed by atoms with E-state index >= 15 is 0 Å². The van der Waals surface area contributed by atoms with Crippen LogP contribution < -0.4 is 9.64 Å². The summed E-state index contributed by atoms with van der Waals surface area (Å²) in [7, 11) is 4.68. The predicted molar refractivity (Wildman–Crippen MR) is 151 cm³/mol. The Bertz CT molecular complexity index is 1240. The van der Waals surface area contributed by atoms with Gasteiger partial charge in [0.15, 0.2) is 0 Å². The van der Waals surface area contributed by atoms with Crippen molar-refractivity contribution in [3.63, 3.8) is 0 Å². The number of nitrogens with zero attached hydrogens (tertiary/aromatic N) is 3. The van der Waals surface area contributed by atoms with Gasteiger partial charge in [-0.2, -0.15) is 13.2 Å². The van der Waals surface area contributed by atoms with Crippen LogP contribution in [-0.4, -0.2) is 80.3 Å². The molecule has 2 aliphatic rings. The van der Waals surface area contributed by atoms with E-state index in [1.165, 1.54) is 24.1 Å². The number of ether oxygens (including phenoxy) is 1. The van der Waals surface area contributed by atoms with E-state index in [4.69, 9.17) is 16.3 Å². The number of aliphatic hydroxyl groups is 1. The summed E-state index contributed by atoms with van der Waals surface area (Å²) in [5.74, 6) is -0.578. The summed E-state index contributed by atoms with van der Waals surface area (Å²) in [6.45, 7) is 2.03. The fourth-order valence-electron chi connectivity index (χ4n) is 5.87. The van der Waals surface area contributed by atoms with Gasteiger partial charge in [-0.25, -0.2) is 0 Å². The van der Waals surface area contributed by atoms with Gasteiger partial charge in [-0.1, -0.05) is 23.7 Å². The van der Waals surface area contributed by atoms with E-state index < -0.39 is 23.2 Å². The van der Waals surface area contributed by atoms with E-state index in [9.17, 15) is 27.9 Å². The molecule has 1 N–H and O–H groups in total. The van der Waals surface area contributed by atoms with Gasteiger partial charge >= 0.3 is 6.18 Å². The van der Waals surface area contributed by atoms with E-state index in [1.54, 1.807) is 20.2 Å². The molecule has 0 spiro atoms. The average molecular weight is 596 g/mol. The Hall–Kier alpha value is -2.98. The van der Waals surface area contributed by atoms with E-state index in [2.05, 4.69) is 4.90 Å². The maximum atomic E-state index is 14.1. The van der Waals surface area contributed by atoms with Gasteiger partial charge in [0.2, 0.25) is 0 Å². The van der Waals surface area contributed by atoms with Crippen LogP contribution in [-0.2, 0) is 10.4 Å². The van der Waals surface area contributed by atoms with Crippen molar-refractivity contribution < 1.29 is 32.6 Å². The summed E-state index contributed by atoms with van der Waals surface area (Å²) in [5, 5.41) is 11.2. The third-order valence-corrected chi connectivity index (χ3v) is 8.66. The number of hydrogen-bond donors (Lipinski definition) is 1. The number of anilines is 1. The molecule has 0 aliphatic carbocycles. The van der Waals surface area contributed by atoms with Crippen molar-refractivity contribution in [2.75, 3.05) is 52.3 Å². The van der Waals surface area contributed by atoms with Crippen molar-refractivity contribution >= 4 is 29.1 Å². The lowest BCUT2D eigenvalue weighted by atomic mass is 9.82. The summed E-state index contributed by atoms with van der Waals surface area (Å²) in [6.07, 6.45) is -1.11. The zero-order valence-corrected chi connectivity index (χ0v) is 24.3. The van der Waals surface area contributed by atoms with Crippen LogP contribution in [0.5, 0.6) is 5.75 Å². The van der Waals surface area contributed by atoms with Crippen molar-refractivity contribution in [3.05, 3.63) is 58.6 Å². The molecule has 41 heavy (non-hydrogen) atoms. The first kappa shape index (κ1) is 31.0. The molecule has 2 fully saturated rings. The number of carbonyl (C=O) groups excluding carboxylic acids is 2. The zero-order chi connectivity index (χ0) is 29.9. The van der Waals surface area contributed by atoms with Gasteiger partial charge in [0.1, 0.15) is 5.75 Å². The molecule has 1 atom stereocenters. The largest absolute Gasteiger partial charge is 0.497 e. The second-order valence-corrected chi connectivity index (χ2v) is 11.6. The van der Waals surface area contributed by atoms with Crippen LogP contribution in [0.4, 0.5) is 18.9 Å². The van der Waals surface area contributed by atoms with Crippen molar-refractivity contribution in [3.8, 4) is 5.75 Å². The number of alkyl halides is 3. The van der Waals surface area contributed by atoms with Crippen molar-refractivity contribution in [1.82, 2.24) is 9.80 Å². The molecule has 2 aromatic carbocycles. The molecule has 2 heterocycles. The Morgan fingerprint density at radius 3 is 2.15 bits per heavy atom. The van der Waals surface area contributed by atoms with Crippen molar-refractivity contribution in [2.24, 2.45) is 11.8 Å². The number of carbonyl (C=O) groups is 2. The third kappa shape index (κ3) is 6.59. The molecule has 7 nitrogen and oxygen atoms in total. The van der Waals surface area contributed by atoms with E-state index in [1.807, 2.05) is 12.1 Å². The molecule has 11 heteroatoms. The topological polar surface area (TPSA) is 73.3 Å². The highest BCUT2D eigenvalue weighted by Gasteiger charge is 2.62.